The number of rotatable bonds is 5. The molecule has 8 heteroatoms. The first-order valence-corrected chi connectivity index (χ1v) is 10.4. The number of halogens is 2. The van der Waals surface area contributed by atoms with Crippen molar-refractivity contribution in [2.45, 2.75) is 25.5 Å². The van der Waals surface area contributed by atoms with E-state index in [4.69, 9.17) is 5.73 Å². The number of aromatic nitrogens is 2. The Morgan fingerprint density at radius 3 is 2.69 bits per heavy atom. The SMILES string of the molecule is C[C@H]1CN(c2ccncc2CC(=O)c2ccc(F)c(-c3ccccc3F)n2)C[C@@H](N)[C@@H]1O. The van der Waals surface area contributed by atoms with E-state index in [0.29, 0.717) is 18.7 Å². The van der Waals surface area contributed by atoms with Gasteiger partial charge in [-0.1, -0.05) is 19.1 Å². The Bertz CT molecular complexity index is 1130. The van der Waals surface area contributed by atoms with Crippen LogP contribution in [0.4, 0.5) is 14.5 Å². The van der Waals surface area contributed by atoms with Crippen molar-refractivity contribution in [1.29, 1.82) is 0 Å². The fourth-order valence-corrected chi connectivity index (χ4v) is 4.08. The molecule has 0 saturated carbocycles. The zero-order valence-corrected chi connectivity index (χ0v) is 17.6. The number of hydrogen-bond donors (Lipinski definition) is 2. The van der Waals surface area contributed by atoms with Crippen molar-refractivity contribution in [3.8, 4) is 11.3 Å². The maximum absolute atomic E-state index is 14.3. The normalized spacial score (nSPS) is 20.9. The minimum absolute atomic E-state index is 0.00318. The van der Waals surface area contributed by atoms with Crippen LogP contribution in [-0.2, 0) is 6.42 Å². The van der Waals surface area contributed by atoms with E-state index in [0.717, 1.165) is 11.8 Å². The molecule has 6 nitrogen and oxygen atoms in total. The van der Waals surface area contributed by atoms with Gasteiger partial charge in [-0.25, -0.2) is 13.8 Å². The molecule has 0 bridgehead atoms. The van der Waals surface area contributed by atoms with Crippen LogP contribution in [0, 0.1) is 17.6 Å². The van der Waals surface area contributed by atoms with Gasteiger partial charge in [0.2, 0.25) is 0 Å². The lowest BCUT2D eigenvalue weighted by Crippen LogP contribution is -2.55. The smallest absolute Gasteiger partial charge is 0.185 e. The molecule has 0 aliphatic carbocycles. The summed E-state index contributed by atoms with van der Waals surface area (Å²) in [5.74, 6) is -1.69. The third kappa shape index (κ3) is 4.37. The van der Waals surface area contributed by atoms with Crippen molar-refractivity contribution >= 4 is 11.5 Å². The highest BCUT2D eigenvalue weighted by atomic mass is 19.1. The van der Waals surface area contributed by atoms with Crippen molar-refractivity contribution in [2.24, 2.45) is 11.7 Å². The number of anilines is 1. The van der Waals surface area contributed by atoms with E-state index < -0.39 is 23.8 Å². The summed E-state index contributed by atoms with van der Waals surface area (Å²) >= 11 is 0. The van der Waals surface area contributed by atoms with Crippen LogP contribution in [0.5, 0.6) is 0 Å². The number of nitrogens with two attached hydrogens (primary N) is 1. The largest absolute Gasteiger partial charge is 0.391 e. The second-order valence-corrected chi connectivity index (χ2v) is 8.15. The van der Waals surface area contributed by atoms with Gasteiger partial charge in [-0.2, -0.15) is 0 Å². The van der Waals surface area contributed by atoms with Crippen LogP contribution in [0.1, 0.15) is 23.0 Å². The lowest BCUT2D eigenvalue weighted by Gasteiger charge is -2.40. The molecular weight excluding hydrogens is 414 g/mol. The number of nitrogens with zero attached hydrogens (tertiary/aromatic N) is 3. The van der Waals surface area contributed by atoms with Gasteiger partial charge < -0.3 is 15.7 Å². The number of aliphatic hydroxyl groups is 1. The minimum atomic E-state index is -0.705. The molecule has 1 saturated heterocycles. The van der Waals surface area contributed by atoms with Crippen molar-refractivity contribution in [3.05, 3.63) is 77.8 Å². The van der Waals surface area contributed by atoms with Gasteiger partial charge in [-0.05, 0) is 30.3 Å². The molecule has 1 aromatic carbocycles. The zero-order valence-electron chi connectivity index (χ0n) is 17.6. The molecule has 0 amide bonds. The average Bonchev–Trinajstić information content (AvgIpc) is 2.78. The summed E-state index contributed by atoms with van der Waals surface area (Å²) in [4.78, 5) is 23.3. The van der Waals surface area contributed by atoms with Gasteiger partial charge in [0.1, 0.15) is 23.0 Å². The first-order chi connectivity index (χ1) is 15.3. The van der Waals surface area contributed by atoms with E-state index in [1.54, 1.807) is 18.5 Å². The van der Waals surface area contributed by atoms with Crippen LogP contribution in [0.2, 0.25) is 0 Å². The Balaban J connectivity index is 1.61. The molecule has 4 rings (SSSR count). The van der Waals surface area contributed by atoms with E-state index in [9.17, 15) is 18.7 Å². The predicted octanol–water partition coefficient (Wildman–Crippen LogP) is 2.99. The zero-order chi connectivity index (χ0) is 22.8. The molecule has 0 unspecified atom stereocenters. The van der Waals surface area contributed by atoms with E-state index in [1.807, 2.05) is 17.9 Å². The molecule has 1 aliphatic rings. The molecule has 166 valence electrons. The van der Waals surface area contributed by atoms with Gasteiger partial charge in [-0.15, -0.1) is 0 Å². The maximum atomic E-state index is 14.3. The van der Waals surface area contributed by atoms with Gasteiger partial charge in [-0.3, -0.25) is 9.78 Å². The molecule has 3 N–H and O–H groups in total. The Kier molecular flexibility index (Phi) is 6.25. The number of piperidine rings is 1. The predicted molar refractivity (Wildman–Crippen MR) is 117 cm³/mol. The number of pyridine rings is 2. The van der Waals surface area contributed by atoms with Gasteiger partial charge in [0.05, 0.1) is 6.10 Å². The van der Waals surface area contributed by atoms with E-state index in [2.05, 4.69) is 9.97 Å². The summed E-state index contributed by atoms with van der Waals surface area (Å²) in [6, 6.07) is 9.54. The highest BCUT2D eigenvalue weighted by molar-refractivity contribution is 5.97. The summed E-state index contributed by atoms with van der Waals surface area (Å²) in [5.41, 5.74) is 7.40. The number of carbonyl (C=O) groups is 1. The first-order valence-electron chi connectivity index (χ1n) is 10.4. The van der Waals surface area contributed by atoms with Crippen LogP contribution in [0.3, 0.4) is 0 Å². The van der Waals surface area contributed by atoms with Gasteiger partial charge in [0, 0.05) is 60.7 Å². The Labute approximate surface area is 184 Å². The quantitative estimate of drug-likeness (QED) is 0.595. The maximum Gasteiger partial charge on any atom is 0.185 e. The molecule has 0 spiro atoms. The summed E-state index contributed by atoms with van der Waals surface area (Å²) in [6.07, 6.45) is 2.65. The molecule has 1 fully saturated rings. The Morgan fingerprint density at radius 2 is 1.94 bits per heavy atom. The summed E-state index contributed by atoms with van der Waals surface area (Å²) in [6.45, 7) is 2.96. The average molecular weight is 438 g/mol. The second-order valence-electron chi connectivity index (χ2n) is 8.15. The van der Waals surface area contributed by atoms with Gasteiger partial charge in [0.15, 0.2) is 5.78 Å². The van der Waals surface area contributed by atoms with Gasteiger partial charge >= 0.3 is 0 Å². The van der Waals surface area contributed by atoms with Crippen LogP contribution < -0.4 is 10.6 Å². The lowest BCUT2D eigenvalue weighted by atomic mass is 9.92. The number of aliphatic hydroxyl groups excluding tert-OH is 1. The second kappa shape index (κ2) is 9.10. The van der Waals surface area contributed by atoms with Crippen LogP contribution in [0.25, 0.3) is 11.3 Å². The number of hydrogen-bond acceptors (Lipinski definition) is 6. The fourth-order valence-electron chi connectivity index (χ4n) is 4.08. The molecule has 0 radical (unpaired) electrons. The third-order valence-corrected chi connectivity index (χ3v) is 5.79. The first kappa shape index (κ1) is 22.0. The number of carbonyl (C=O) groups excluding carboxylic acids is 1. The van der Waals surface area contributed by atoms with Crippen molar-refractivity contribution < 1.29 is 18.7 Å². The summed E-state index contributed by atoms with van der Waals surface area (Å²) in [5, 5.41) is 10.2. The molecule has 3 atom stereocenters. The van der Waals surface area contributed by atoms with E-state index >= 15 is 0 Å². The number of ketones is 1. The molecule has 1 aliphatic heterocycles. The molecular formula is C24H24F2N4O2. The van der Waals surface area contributed by atoms with Crippen molar-refractivity contribution in [3.63, 3.8) is 0 Å². The molecule has 2 aromatic heterocycles. The van der Waals surface area contributed by atoms with Crippen LogP contribution in [-0.4, -0.2) is 46.1 Å². The highest BCUT2D eigenvalue weighted by Crippen LogP contribution is 2.28. The number of benzene rings is 1. The molecule has 3 aromatic rings. The summed E-state index contributed by atoms with van der Waals surface area (Å²) < 4.78 is 28.5. The van der Waals surface area contributed by atoms with Crippen LogP contribution in [0.15, 0.2) is 54.9 Å². The topological polar surface area (TPSA) is 92.3 Å². The lowest BCUT2D eigenvalue weighted by molar-refractivity contribution is 0.0784. The fraction of sp³-hybridized carbons (Fsp3) is 0.292. The minimum Gasteiger partial charge on any atom is -0.391 e. The Morgan fingerprint density at radius 1 is 1.16 bits per heavy atom. The Hall–Kier alpha value is -3.23. The third-order valence-electron chi connectivity index (χ3n) is 5.79. The van der Waals surface area contributed by atoms with E-state index in [1.165, 1.54) is 24.3 Å². The number of Topliss-reactive ketones (excluding diaryl/α,β-unsaturated/α-hetero) is 1. The molecule has 32 heavy (non-hydrogen) atoms. The van der Waals surface area contributed by atoms with Crippen molar-refractivity contribution in [2.75, 3.05) is 18.0 Å². The summed E-state index contributed by atoms with van der Waals surface area (Å²) in [7, 11) is 0. The van der Waals surface area contributed by atoms with Gasteiger partial charge in [0.25, 0.3) is 0 Å². The molecule has 3 heterocycles. The monoisotopic (exact) mass is 438 g/mol. The highest BCUT2D eigenvalue weighted by Gasteiger charge is 2.32. The van der Waals surface area contributed by atoms with E-state index in [-0.39, 0.29) is 35.1 Å². The standard InChI is InChI=1S/C24H24F2N4O2/c1-14-12-30(13-19(27)24(14)32)21-8-9-28-11-15(21)10-22(31)20-7-6-18(26)23(29-20)16-4-2-3-5-17(16)25/h2-9,11,14,19,24,32H,10,12-13,27H2,1H3/t14-,19+,24+/m0/s1. The van der Waals surface area contributed by atoms with Crippen molar-refractivity contribution in [1.82, 2.24) is 9.97 Å². The van der Waals surface area contributed by atoms with Crippen LogP contribution >= 0.6 is 0 Å².